The van der Waals surface area contributed by atoms with Crippen molar-refractivity contribution < 1.29 is 9.59 Å². The summed E-state index contributed by atoms with van der Waals surface area (Å²) in [5.74, 6) is -0.384. The number of anilines is 1. The second-order valence-electron chi connectivity index (χ2n) is 4.01. The lowest BCUT2D eigenvalue weighted by Gasteiger charge is -2.21. The molecule has 1 aromatic carbocycles. The quantitative estimate of drug-likeness (QED) is 0.807. The van der Waals surface area contributed by atoms with Gasteiger partial charge < -0.3 is 16.0 Å². The third-order valence-electron chi connectivity index (χ3n) is 2.60. The van der Waals surface area contributed by atoms with Crippen molar-refractivity contribution in [2.75, 3.05) is 25.4 Å². The number of nitrogens with one attached hydrogen (secondary N) is 1. The Morgan fingerprint density at radius 2 is 2.05 bits per heavy atom. The number of hydrogen-bond acceptors (Lipinski definition) is 3. The van der Waals surface area contributed by atoms with Crippen LogP contribution in [0, 0.1) is 0 Å². The van der Waals surface area contributed by atoms with E-state index in [2.05, 4.69) is 21.2 Å². The van der Waals surface area contributed by atoms with Crippen LogP contribution in [0.1, 0.15) is 24.2 Å². The molecule has 6 heteroatoms. The van der Waals surface area contributed by atoms with Gasteiger partial charge in [0.2, 0.25) is 5.91 Å². The monoisotopic (exact) mass is 327 g/mol. The lowest BCUT2D eigenvalue weighted by atomic mass is 10.1. The average Bonchev–Trinajstić information content (AvgIpc) is 2.38. The van der Waals surface area contributed by atoms with Gasteiger partial charge in [-0.1, -0.05) is 0 Å². The minimum atomic E-state index is -0.215. The molecule has 0 saturated heterocycles. The second kappa shape index (κ2) is 7.13. The molecule has 3 N–H and O–H groups in total. The smallest absolute Gasteiger partial charge is 0.255 e. The van der Waals surface area contributed by atoms with Gasteiger partial charge in [-0.25, -0.2) is 0 Å². The summed E-state index contributed by atoms with van der Waals surface area (Å²) in [5.41, 5.74) is 6.66. The normalized spacial score (nSPS) is 10.1. The number of hydrogen-bond donors (Lipinski definition) is 2. The first-order valence-corrected chi connectivity index (χ1v) is 6.89. The van der Waals surface area contributed by atoms with Crippen LogP contribution in [0.4, 0.5) is 5.69 Å². The molecule has 104 valence electrons. The van der Waals surface area contributed by atoms with E-state index in [0.717, 1.165) is 0 Å². The number of nitrogens with zero attached hydrogens (tertiary/aromatic N) is 1. The van der Waals surface area contributed by atoms with Crippen molar-refractivity contribution in [2.24, 2.45) is 0 Å². The zero-order valence-electron chi connectivity index (χ0n) is 11.1. The number of benzene rings is 1. The van der Waals surface area contributed by atoms with E-state index in [9.17, 15) is 9.59 Å². The number of likely N-dealkylation sites (N-methyl/N-ethyl adjacent to an activating group) is 2. The van der Waals surface area contributed by atoms with Crippen molar-refractivity contribution in [3.63, 3.8) is 0 Å². The Hall–Kier alpha value is -1.56. The Morgan fingerprint density at radius 1 is 1.37 bits per heavy atom. The third-order valence-corrected chi connectivity index (χ3v) is 3.29. The molecular weight excluding hydrogens is 310 g/mol. The molecule has 0 aliphatic rings. The molecule has 0 atom stereocenters. The van der Waals surface area contributed by atoms with E-state index in [4.69, 9.17) is 5.73 Å². The summed E-state index contributed by atoms with van der Waals surface area (Å²) in [6, 6.07) is 5.04. The fourth-order valence-corrected chi connectivity index (χ4v) is 2.05. The van der Waals surface area contributed by atoms with Crippen LogP contribution in [0.3, 0.4) is 0 Å². The van der Waals surface area contributed by atoms with E-state index in [1.54, 1.807) is 18.2 Å². The molecular formula is C13H18BrN3O2. The van der Waals surface area contributed by atoms with Gasteiger partial charge >= 0.3 is 0 Å². The van der Waals surface area contributed by atoms with Gasteiger partial charge in [0.25, 0.3) is 5.91 Å². The summed E-state index contributed by atoms with van der Waals surface area (Å²) in [4.78, 5) is 25.4. The van der Waals surface area contributed by atoms with E-state index in [-0.39, 0.29) is 18.4 Å². The summed E-state index contributed by atoms with van der Waals surface area (Å²) >= 11 is 3.32. The van der Waals surface area contributed by atoms with Crippen molar-refractivity contribution in [1.29, 1.82) is 0 Å². The molecule has 19 heavy (non-hydrogen) atoms. The van der Waals surface area contributed by atoms with Crippen LogP contribution in [0.15, 0.2) is 22.7 Å². The van der Waals surface area contributed by atoms with Crippen LogP contribution in [0.25, 0.3) is 0 Å². The highest BCUT2D eigenvalue weighted by molar-refractivity contribution is 9.10. The number of rotatable bonds is 5. The highest BCUT2D eigenvalue weighted by Gasteiger charge is 2.19. The Kier molecular flexibility index (Phi) is 5.82. The molecule has 0 radical (unpaired) electrons. The molecule has 1 rings (SSSR count). The van der Waals surface area contributed by atoms with Crippen molar-refractivity contribution in [3.05, 3.63) is 28.2 Å². The summed E-state index contributed by atoms with van der Waals surface area (Å²) in [7, 11) is 0. The average molecular weight is 328 g/mol. The molecule has 0 aromatic heterocycles. The third kappa shape index (κ3) is 4.24. The zero-order chi connectivity index (χ0) is 14.4. The van der Waals surface area contributed by atoms with Crippen LogP contribution in [0.5, 0.6) is 0 Å². The van der Waals surface area contributed by atoms with Gasteiger partial charge in [-0.3, -0.25) is 9.59 Å². The van der Waals surface area contributed by atoms with Crippen molar-refractivity contribution >= 4 is 33.4 Å². The molecule has 0 heterocycles. The number of nitrogen functional groups attached to an aromatic ring is 1. The van der Waals surface area contributed by atoms with Gasteiger partial charge in [0.1, 0.15) is 0 Å². The van der Waals surface area contributed by atoms with E-state index < -0.39 is 0 Å². The lowest BCUT2D eigenvalue weighted by molar-refractivity contribution is -0.121. The highest BCUT2D eigenvalue weighted by atomic mass is 79.9. The highest BCUT2D eigenvalue weighted by Crippen LogP contribution is 2.21. The first-order valence-electron chi connectivity index (χ1n) is 6.10. The minimum Gasteiger partial charge on any atom is -0.399 e. The molecule has 1 aromatic rings. The first-order chi connectivity index (χ1) is 8.99. The molecule has 5 nitrogen and oxygen atoms in total. The summed E-state index contributed by atoms with van der Waals surface area (Å²) < 4.78 is 0.668. The van der Waals surface area contributed by atoms with Crippen LogP contribution < -0.4 is 11.1 Å². The summed E-state index contributed by atoms with van der Waals surface area (Å²) in [6.45, 7) is 4.72. The van der Waals surface area contributed by atoms with Crippen molar-refractivity contribution in [1.82, 2.24) is 10.2 Å². The molecule has 0 aliphatic carbocycles. The van der Waals surface area contributed by atoms with E-state index >= 15 is 0 Å². The number of carbonyl (C=O) groups excluding carboxylic acids is 2. The number of carbonyl (C=O) groups is 2. The Balaban J connectivity index is 2.89. The summed E-state index contributed by atoms with van der Waals surface area (Å²) in [6.07, 6.45) is 0. The molecule has 0 aliphatic heterocycles. The number of halogens is 1. The van der Waals surface area contributed by atoms with E-state index in [1.807, 2.05) is 13.8 Å². The SMILES string of the molecule is CCNC(=O)CN(CC)C(=O)c1cc(N)ccc1Br. The van der Waals surface area contributed by atoms with Gasteiger partial charge in [-0.2, -0.15) is 0 Å². The standard InChI is InChI=1S/C13H18BrN3O2/c1-3-16-12(18)8-17(4-2)13(19)10-7-9(15)5-6-11(10)14/h5-7H,3-4,8,15H2,1-2H3,(H,16,18). The lowest BCUT2D eigenvalue weighted by Crippen LogP contribution is -2.40. The van der Waals surface area contributed by atoms with Gasteiger partial charge in [0.15, 0.2) is 0 Å². The molecule has 0 unspecified atom stereocenters. The fourth-order valence-electron chi connectivity index (χ4n) is 1.63. The maximum atomic E-state index is 12.3. The first kappa shape index (κ1) is 15.5. The molecule has 0 saturated carbocycles. The van der Waals surface area contributed by atoms with Gasteiger partial charge in [0, 0.05) is 23.2 Å². The van der Waals surface area contributed by atoms with Crippen LogP contribution in [0.2, 0.25) is 0 Å². The molecule has 0 fully saturated rings. The van der Waals surface area contributed by atoms with Crippen molar-refractivity contribution in [2.45, 2.75) is 13.8 Å². The van der Waals surface area contributed by atoms with Gasteiger partial charge in [0.05, 0.1) is 12.1 Å². The Morgan fingerprint density at radius 3 is 2.63 bits per heavy atom. The molecule has 0 bridgehead atoms. The largest absolute Gasteiger partial charge is 0.399 e. The predicted octanol–water partition coefficient (Wildman–Crippen LogP) is 1.63. The van der Waals surface area contributed by atoms with Gasteiger partial charge in [-0.15, -0.1) is 0 Å². The Labute approximate surface area is 121 Å². The summed E-state index contributed by atoms with van der Waals surface area (Å²) in [5, 5.41) is 2.67. The maximum Gasteiger partial charge on any atom is 0.255 e. The van der Waals surface area contributed by atoms with Crippen LogP contribution in [-0.4, -0.2) is 36.3 Å². The van der Waals surface area contributed by atoms with Crippen LogP contribution >= 0.6 is 15.9 Å². The maximum absolute atomic E-state index is 12.3. The second-order valence-corrected chi connectivity index (χ2v) is 4.87. The number of amides is 2. The molecule has 0 spiro atoms. The minimum absolute atomic E-state index is 0.0460. The Bertz CT molecular complexity index is 477. The van der Waals surface area contributed by atoms with E-state index in [0.29, 0.717) is 28.8 Å². The molecule has 2 amide bonds. The van der Waals surface area contributed by atoms with Gasteiger partial charge in [-0.05, 0) is 48.0 Å². The number of nitrogens with two attached hydrogens (primary N) is 1. The predicted molar refractivity (Wildman–Crippen MR) is 78.8 cm³/mol. The fraction of sp³-hybridized carbons (Fsp3) is 0.385. The van der Waals surface area contributed by atoms with E-state index in [1.165, 1.54) is 4.90 Å². The zero-order valence-corrected chi connectivity index (χ0v) is 12.7. The van der Waals surface area contributed by atoms with Crippen molar-refractivity contribution in [3.8, 4) is 0 Å². The van der Waals surface area contributed by atoms with Crippen LogP contribution in [-0.2, 0) is 4.79 Å². The topological polar surface area (TPSA) is 75.4 Å².